The number of carbonyl (C=O) groups excluding carboxylic acids is 1. The van der Waals surface area contributed by atoms with Gasteiger partial charge in [0.05, 0.1) is 0 Å². The Labute approximate surface area is 104 Å². The lowest BCUT2D eigenvalue weighted by atomic mass is 10.2. The number of aryl methyl sites for hydroxylation is 1. The minimum absolute atomic E-state index is 0.0330. The first-order valence-electron chi connectivity index (χ1n) is 5.17. The van der Waals surface area contributed by atoms with Gasteiger partial charge in [0.25, 0.3) is 0 Å². The molecular formula is C12H13ClO4. The van der Waals surface area contributed by atoms with E-state index in [1.54, 1.807) is 25.1 Å². The highest BCUT2D eigenvalue weighted by Crippen LogP contribution is 2.22. The molecule has 4 nitrogen and oxygen atoms in total. The van der Waals surface area contributed by atoms with Crippen LogP contribution in [0.1, 0.15) is 24.8 Å². The van der Waals surface area contributed by atoms with Gasteiger partial charge in [-0.05, 0) is 37.1 Å². The Morgan fingerprint density at radius 1 is 1.35 bits per heavy atom. The van der Waals surface area contributed by atoms with Crippen LogP contribution in [0.4, 0.5) is 0 Å². The van der Waals surface area contributed by atoms with E-state index in [0.717, 1.165) is 5.56 Å². The fraction of sp³-hybridized carbons (Fsp3) is 0.333. The fourth-order valence-electron chi connectivity index (χ4n) is 1.28. The van der Waals surface area contributed by atoms with Crippen molar-refractivity contribution in [3.63, 3.8) is 0 Å². The number of hydrogen-bond acceptors (Lipinski definition) is 3. The highest BCUT2D eigenvalue weighted by atomic mass is 35.5. The Hall–Kier alpha value is -1.55. The zero-order valence-electron chi connectivity index (χ0n) is 9.40. The molecule has 1 aromatic carbocycles. The first-order chi connectivity index (χ1) is 7.99. The number of benzene rings is 1. The van der Waals surface area contributed by atoms with E-state index >= 15 is 0 Å². The fourth-order valence-corrected chi connectivity index (χ4v) is 1.51. The van der Waals surface area contributed by atoms with Crippen LogP contribution in [-0.2, 0) is 9.59 Å². The Morgan fingerprint density at radius 2 is 2.06 bits per heavy atom. The molecule has 0 heterocycles. The predicted molar refractivity (Wildman–Crippen MR) is 63.3 cm³/mol. The minimum atomic E-state index is -0.916. The first-order valence-corrected chi connectivity index (χ1v) is 5.55. The van der Waals surface area contributed by atoms with Crippen molar-refractivity contribution in [2.24, 2.45) is 0 Å². The van der Waals surface area contributed by atoms with Gasteiger partial charge in [-0.2, -0.15) is 0 Å². The highest BCUT2D eigenvalue weighted by molar-refractivity contribution is 6.30. The molecule has 0 spiro atoms. The summed E-state index contributed by atoms with van der Waals surface area (Å²) >= 11 is 5.77. The molecule has 0 saturated heterocycles. The van der Waals surface area contributed by atoms with Gasteiger partial charge >= 0.3 is 11.9 Å². The molecule has 0 radical (unpaired) electrons. The first kappa shape index (κ1) is 13.5. The maximum Gasteiger partial charge on any atom is 0.311 e. The second-order valence-corrected chi connectivity index (χ2v) is 4.07. The normalized spacial score (nSPS) is 10.0. The van der Waals surface area contributed by atoms with Gasteiger partial charge in [-0.25, -0.2) is 0 Å². The summed E-state index contributed by atoms with van der Waals surface area (Å²) in [6.45, 7) is 1.78. The van der Waals surface area contributed by atoms with Crippen molar-refractivity contribution in [1.29, 1.82) is 0 Å². The summed E-state index contributed by atoms with van der Waals surface area (Å²) in [5.74, 6) is -0.896. The average Bonchev–Trinajstić information content (AvgIpc) is 2.21. The number of hydrogen-bond donors (Lipinski definition) is 1. The molecule has 5 heteroatoms. The summed E-state index contributed by atoms with van der Waals surface area (Å²) in [5.41, 5.74) is 0.768. The van der Waals surface area contributed by atoms with Gasteiger partial charge in [0.2, 0.25) is 0 Å². The molecule has 0 unspecified atom stereocenters. The molecule has 0 amide bonds. The summed E-state index contributed by atoms with van der Waals surface area (Å²) in [4.78, 5) is 21.6. The standard InChI is InChI=1S/C12H13ClO4/c1-8-7-9(13)5-6-10(8)17-12(16)4-2-3-11(14)15/h5-7H,2-4H2,1H3,(H,14,15). The second kappa shape index (κ2) is 6.25. The van der Waals surface area contributed by atoms with E-state index in [2.05, 4.69) is 0 Å². The molecular weight excluding hydrogens is 244 g/mol. The SMILES string of the molecule is Cc1cc(Cl)ccc1OC(=O)CCCC(=O)O. The van der Waals surface area contributed by atoms with E-state index in [9.17, 15) is 9.59 Å². The van der Waals surface area contributed by atoms with Crippen LogP contribution in [0.15, 0.2) is 18.2 Å². The zero-order chi connectivity index (χ0) is 12.8. The number of rotatable bonds is 5. The third-order valence-electron chi connectivity index (χ3n) is 2.13. The van der Waals surface area contributed by atoms with Crippen LogP contribution in [0.5, 0.6) is 5.75 Å². The predicted octanol–water partition coefficient (Wildman–Crippen LogP) is 2.81. The zero-order valence-corrected chi connectivity index (χ0v) is 10.2. The number of esters is 1. The smallest absolute Gasteiger partial charge is 0.311 e. The third-order valence-corrected chi connectivity index (χ3v) is 2.37. The monoisotopic (exact) mass is 256 g/mol. The molecule has 0 aliphatic heterocycles. The lowest BCUT2D eigenvalue weighted by molar-refractivity contribution is -0.137. The molecule has 0 fully saturated rings. The minimum Gasteiger partial charge on any atom is -0.481 e. The van der Waals surface area contributed by atoms with Gasteiger partial charge in [0.1, 0.15) is 5.75 Å². The lowest BCUT2D eigenvalue weighted by Crippen LogP contribution is -2.09. The van der Waals surface area contributed by atoms with Gasteiger partial charge in [-0.1, -0.05) is 11.6 Å². The van der Waals surface area contributed by atoms with E-state index in [1.807, 2.05) is 0 Å². The van der Waals surface area contributed by atoms with Crippen LogP contribution in [-0.4, -0.2) is 17.0 Å². The van der Waals surface area contributed by atoms with Crippen molar-refractivity contribution < 1.29 is 19.4 Å². The molecule has 0 aliphatic carbocycles. The summed E-state index contributed by atoms with van der Waals surface area (Å²) in [6.07, 6.45) is 0.337. The number of carboxylic acids is 1. The third kappa shape index (κ3) is 4.87. The molecule has 1 N–H and O–H groups in total. The van der Waals surface area contributed by atoms with E-state index in [0.29, 0.717) is 10.8 Å². The van der Waals surface area contributed by atoms with Gasteiger partial charge in [-0.15, -0.1) is 0 Å². The van der Waals surface area contributed by atoms with Crippen LogP contribution < -0.4 is 4.74 Å². The van der Waals surface area contributed by atoms with Crippen LogP contribution in [0.25, 0.3) is 0 Å². The number of aliphatic carboxylic acids is 1. The number of carboxylic acid groups (broad SMARTS) is 1. The van der Waals surface area contributed by atoms with Crippen molar-refractivity contribution in [3.8, 4) is 5.75 Å². The topological polar surface area (TPSA) is 63.6 Å². The Balaban J connectivity index is 2.48. The van der Waals surface area contributed by atoms with Crippen molar-refractivity contribution in [3.05, 3.63) is 28.8 Å². The van der Waals surface area contributed by atoms with Gasteiger partial charge in [0, 0.05) is 17.9 Å². The Bertz CT molecular complexity index is 429. The average molecular weight is 257 g/mol. The molecule has 0 bridgehead atoms. The van der Waals surface area contributed by atoms with Crippen molar-refractivity contribution in [2.45, 2.75) is 26.2 Å². The van der Waals surface area contributed by atoms with Crippen LogP contribution >= 0.6 is 11.6 Å². The lowest BCUT2D eigenvalue weighted by Gasteiger charge is -2.07. The van der Waals surface area contributed by atoms with Crippen molar-refractivity contribution in [1.82, 2.24) is 0 Å². The molecule has 17 heavy (non-hydrogen) atoms. The number of carbonyl (C=O) groups is 2. The quantitative estimate of drug-likeness (QED) is 0.650. The molecule has 0 atom stereocenters. The van der Waals surface area contributed by atoms with Crippen LogP contribution in [0, 0.1) is 6.92 Å². The van der Waals surface area contributed by atoms with Crippen molar-refractivity contribution in [2.75, 3.05) is 0 Å². The highest BCUT2D eigenvalue weighted by Gasteiger charge is 2.08. The maximum absolute atomic E-state index is 11.4. The number of halogens is 1. The van der Waals surface area contributed by atoms with E-state index < -0.39 is 11.9 Å². The Morgan fingerprint density at radius 3 is 2.65 bits per heavy atom. The van der Waals surface area contributed by atoms with Gasteiger partial charge in [-0.3, -0.25) is 9.59 Å². The molecule has 1 aromatic rings. The van der Waals surface area contributed by atoms with E-state index in [-0.39, 0.29) is 19.3 Å². The van der Waals surface area contributed by atoms with Gasteiger partial charge in [0.15, 0.2) is 0 Å². The summed E-state index contributed by atoms with van der Waals surface area (Å²) in [7, 11) is 0. The summed E-state index contributed by atoms with van der Waals surface area (Å²) in [5, 5.41) is 9.00. The molecule has 0 aliphatic rings. The summed E-state index contributed by atoms with van der Waals surface area (Å²) < 4.78 is 5.09. The van der Waals surface area contributed by atoms with Crippen LogP contribution in [0.2, 0.25) is 5.02 Å². The molecule has 92 valence electrons. The summed E-state index contributed by atoms with van der Waals surface area (Å²) in [6, 6.07) is 4.95. The van der Waals surface area contributed by atoms with E-state index in [4.69, 9.17) is 21.4 Å². The molecule has 0 aromatic heterocycles. The molecule has 1 rings (SSSR count). The molecule has 0 saturated carbocycles. The van der Waals surface area contributed by atoms with Gasteiger partial charge < -0.3 is 9.84 Å². The maximum atomic E-state index is 11.4. The second-order valence-electron chi connectivity index (χ2n) is 3.63. The van der Waals surface area contributed by atoms with Crippen molar-refractivity contribution >= 4 is 23.5 Å². The number of ether oxygens (including phenoxy) is 1. The van der Waals surface area contributed by atoms with E-state index in [1.165, 1.54) is 0 Å². The largest absolute Gasteiger partial charge is 0.481 e. The Kier molecular flexibility index (Phi) is 4.97. The van der Waals surface area contributed by atoms with Crippen LogP contribution in [0.3, 0.4) is 0 Å².